The maximum absolute atomic E-state index is 13.0. The number of aliphatic hydroxyl groups is 1. The second-order valence-electron chi connectivity index (χ2n) is 12.9. The summed E-state index contributed by atoms with van der Waals surface area (Å²) in [5.74, 6) is -3.07. The molecule has 1 unspecified atom stereocenters. The molecule has 3 aliphatic rings. The minimum absolute atomic E-state index is 0.0111. The van der Waals surface area contributed by atoms with Gasteiger partial charge in [-0.05, 0) is 49.9 Å². The fourth-order valence-electron chi connectivity index (χ4n) is 6.30. The number of fused-ring (bicyclic) bond motifs is 3. The van der Waals surface area contributed by atoms with Crippen molar-refractivity contribution in [3.05, 3.63) is 72.3 Å². The average molecular weight is 653 g/mol. The fourth-order valence-corrected chi connectivity index (χ4v) is 6.30. The molecule has 0 aromatic heterocycles. The maximum Gasteiger partial charge on any atom is 0.407 e. The van der Waals surface area contributed by atoms with Gasteiger partial charge >= 0.3 is 12.1 Å². The van der Waals surface area contributed by atoms with Gasteiger partial charge in [-0.1, -0.05) is 61.2 Å². The standard InChI is InChI=1S/C35H44N2O10/c1-6-15-42-30(40)17-21(37-33(41)43-19-26-24-13-9-7-11-22(24)23-12-8-10-14-25(23)26)16-29(39)36-18-27(38)31-32(47-35(4,5)46-31)28-20-44-34(2,3)45-28/h6-14,21,26-28,31-32,38H,1,15-20H2,2-5H3,(H,36,39)(H,37,41)/t21?,27-,28+,31+,32+/m0/s1. The van der Waals surface area contributed by atoms with E-state index in [1.807, 2.05) is 48.5 Å². The van der Waals surface area contributed by atoms with E-state index in [9.17, 15) is 19.5 Å². The van der Waals surface area contributed by atoms with Crippen LogP contribution in [0, 0.1) is 0 Å². The second-order valence-corrected chi connectivity index (χ2v) is 12.9. The zero-order chi connectivity index (χ0) is 33.8. The van der Waals surface area contributed by atoms with Crippen molar-refractivity contribution in [2.45, 2.75) is 88.5 Å². The van der Waals surface area contributed by atoms with Crippen molar-refractivity contribution in [3.8, 4) is 11.1 Å². The third-order valence-corrected chi connectivity index (χ3v) is 8.32. The fraction of sp³-hybridized carbons (Fsp3) is 0.514. The lowest BCUT2D eigenvalue weighted by molar-refractivity contribution is -0.175. The zero-order valence-electron chi connectivity index (χ0n) is 27.2. The number of benzene rings is 2. The minimum atomic E-state index is -1.15. The molecule has 5 rings (SSSR count). The first-order valence-corrected chi connectivity index (χ1v) is 15.9. The Hall–Kier alpha value is -3.81. The number of ether oxygens (including phenoxy) is 6. The van der Waals surface area contributed by atoms with Crippen molar-refractivity contribution in [1.82, 2.24) is 10.6 Å². The highest BCUT2D eigenvalue weighted by Gasteiger charge is 2.52. The van der Waals surface area contributed by atoms with Crippen LogP contribution in [0.4, 0.5) is 4.79 Å². The van der Waals surface area contributed by atoms with Gasteiger partial charge in [-0.3, -0.25) is 9.59 Å². The summed E-state index contributed by atoms with van der Waals surface area (Å²) in [5.41, 5.74) is 4.30. The van der Waals surface area contributed by atoms with E-state index in [0.29, 0.717) is 0 Å². The summed E-state index contributed by atoms with van der Waals surface area (Å²) in [7, 11) is 0. The number of nitrogens with one attached hydrogen (secondary N) is 2. The largest absolute Gasteiger partial charge is 0.461 e. The molecule has 1 aliphatic carbocycles. The first kappa shape index (κ1) is 34.5. The predicted molar refractivity (Wildman–Crippen MR) is 170 cm³/mol. The molecule has 47 heavy (non-hydrogen) atoms. The van der Waals surface area contributed by atoms with Crippen LogP contribution >= 0.6 is 0 Å². The third-order valence-electron chi connectivity index (χ3n) is 8.32. The van der Waals surface area contributed by atoms with Crippen molar-refractivity contribution in [1.29, 1.82) is 0 Å². The molecule has 254 valence electrons. The maximum atomic E-state index is 13.0. The summed E-state index contributed by atoms with van der Waals surface area (Å²) in [6.07, 6.45) is -2.97. The number of hydrogen-bond acceptors (Lipinski definition) is 10. The molecule has 2 aromatic rings. The van der Waals surface area contributed by atoms with Crippen molar-refractivity contribution in [2.75, 3.05) is 26.4 Å². The van der Waals surface area contributed by atoms with E-state index in [-0.39, 0.29) is 45.1 Å². The Morgan fingerprint density at radius 1 is 0.957 bits per heavy atom. The van der Waals surface area contributed by atoms with Gasteiger partial charge in [0.15, 0.2) is 11.6 Å². The molecule has 2 heterocycles. The van der Waals surface area contributed by atoms with Crippen molar-refractivity contribution < 1.29 is 47.9 Å². The number of rotatable bonds is 13. The van der Waals surface area contributed by atoms with Gasteiger partial charge in [0.1, 0.15) is 37.6 Å². The Bertz CT molecular complexity index is 1410. The van der Waals surface area contributed by atoms with Gasteiger partial charge in [0.2, 0.25) is 5.91 Å². The van der Waals surface area contributed by atoms with E-state index in [1.54, 1.807) is 27.7 Å². The van der Waals surface area contributed by atoms with E-state index < -0.39 is 60.0 Å². The molecule has 2 fully saturated rings. The smallest absolute Gasteiger partial charge is 0.407 e. The monoisotopic (exact) mass is 652 g/mol. The van der Waals surface area contributed by atoms with Crippen LogP contribution in [0.15, 0.2) is 61.2 Å². The van der Waals surface area contributed by atoms with Crippen LogP contribution in [-0.4, -0.2) is 91.5 Å². The quantitative estimate of drug-likeness (QED) is 0.217. The number of hydrogen-bond donors (Lipinski definition) is 3. The SMILES string of the molecule is C=CCOC(=O)CC(CC(=O)NC[C@H](O)[C@H]1OC(C)(C)O[C@@H]1[C@H]1COC(C)(C)O1)NC(=O)OCC1c2ccccc2-c2ccccc21. The van der Waals surface area contributed by atoms with Crippen LogP contribution in [0.3, 0.4) is 0 Å². The highest BCUT2D eigenvalue weighted by molar-refractivity contribution is 5.80. The molecule has 12 heteroatoms. The predicted octanol–water partition coefficient (Wildman–Crippen LogP) is 3.55. The number of alkyl carbamates (subject to hydrolysis) is 1. The molecular formula is C35H44N2O10. The molecule has 0 saturated carbocycles. The lowest BCUT2D eigenvalue weighted by Gasteiger charge is -2.26. The Balaban J connectivity index is 1.17. The molecular weight excluding hydrogens is 608 g/mol. The molecule has 2 amide bonds. The topological polar surface area (TPSA) is 151 Å². The Morgan fingerprint density at radius 2 is 1.62 bits per heavy atom. The first-order valence-electron chi connectivity index (χ1n) is 15.9. The Morgan fingerprint density at radius 3 is 2.23 bits per heavy atom. The lowest BCUT2D eigenvalue weighted by atomic mass is 9.98. The molecule has 0 bridgehead atoms. The number of esters is 1. The number of carbonyl (C=O) groups is 3. The summed E-state index contributed by atoms with van der Waals surface area (Å²) in [4.78, 5) is 38.5. The van der Waals surface area contributed by atoms with Crippen LogP contribution in [0.5, 0.6) is 0 Å². The number of amides is 2. The number of carbonyl (C=O) groups excluding carboxylic acids is 3. The molecule has 3 N–H and O–H groups in total. The molecule has 2 saturated heterocycles. The summed E-state index contributed by atoms with van der Waals surface area (Å²) in [5, 5.41) is 16.4. The van der Waals surface area contributed by atoms with Crippen LogP contribution in [0.2, 0.25) is 0 Å². The normalized spacial score (nSPS) is 23.6. The van der Waals surface area contributed by atoms with Gasteiger partial charge in [0.05, 0.1) is 19.1 Å². The Labute approximate surface area is 274 Å². The van der Waals surface area contributed by atoms with Gasteiger partial charge in [0, 0.05) is 18.9 Å². The van der Waals surface area contributed by atoms with E-state index in [1.165, 1.54) is 6.08 Å². The summed E-state index contributed by atoms with van der Waals surface area (Å²) in [6.45, 7) is 10.7. The van der Waals surface area contributed by atoms with E-state index in [2.05, 4.69) is 17.2 Å². The molecule has 2 aromatic carbocycles. The minimum Gasteiger partial charge on any atom is -0.461 e. The average Bonchev–Trinajstić information content (AvgIpc) is 3.67. The second kappa shape index (κ2) is 14.5. The first-order chi connectivity index (χ1) is 22.4. The molecule has 5 atom stereocenters. The molecule has 12 nitrogen and oxygen atoms in total. The van der Waals surface area contributed by atoms with Gasteiger partial charge in [0.25, 0.3) is 0 Å². The van der Waals surface area contributed by atoms with Crippen molar-refractivity contribution in [2.24, 2.45) is 0 Å². The van der Waals surface area contributed by atoms with Crippen molar-refractivity contribution in [3.63, 3.8) is 0 Å². The van der Waals surface area contributed by atoms with Gasteiger partial charge in [-0.2, -0.15) is 0 Å². The van der Waals surface area contributed by atoms with Crippen LogP contribution < -0.4 is 10.6 Å². The molecule has 0 spiro atoms. The van der Waals surface area contributed by atoms with E-state index >= 15 is 0 Å². The summed E-state index contributed by atoms with van der Waals surface area (Å²) >= 11 is 0. The van der Waals surface area contributed by atoms with Gasteiger partial charge in [-0.25, -0.2) is 4.79 Å². The Kier molecular flexibility index (Phi) is 10.7. The number of aliphatic hydroxyl groups excluding tert-OH is 1. The summed E-state index contributed by atoms with van der Waals surface area (Å²) < 4.78 is 34.3. The van der Waals surface area contributed by atoms with Crippen LogP contribution in [-0.2, 0) is 38.0 Å². The van der Waals surface area contributed by atoms with Crippen LogP contribution in [0.1, 0.15) is 57.6 Å². The summed E-state index contributed by atoms with van der Waals surface area (Å²) in [6, 6.07) is 15.0. The lowest BCUT2D eigenvalue weighted by Crippen LogP contribution is -2.49. The third kappa shape index (κ3) is 8.57. The highest BCUT2D eigenvalue weighted by atomic mass is 16.8. The van der Waals surface area contributed by atoms with E-state index in [4.69, 9.17) is 28.4 Å². The molecule has 2 aliphatic heterocycles. The van der Waals surface area contributed by atoms with E-state index in [0.717, 1.165) is 22.3 Å². The highest BCUT2D eigenvalue weighted by Crippen LogP contribution is 2.44. The van der Waals surface area contributed by atoms with Crippen LogP contribution in [0.25, 0.3) is 11.1 Å². The van der Waals surface area contributed by atoms with Crippen molar-refractivity contribution >= 4 is 18.0 Å². The molecule has 0 radical (unpaired) electrons. The van der Waals surface area contributed by atoms with Gasteiger partial charge < -0.3 is 44.2 Å². The van der Waals surface area contributed by atoms with Gasteiger partial charge in [-0.15, -0.1) is 0 Å². The zero-order valence-corrected chi connectivity index (χ0v) is 27.2.